The number of aryl methyl sites for hydroxylation is 2. The molecule has 2 rings (SSSR count). The Hall–Kier alpha value is -2.14. The molecule has 1 heterocycles. The molecular weight excluding hydrogens is 254 g/mol. The van der Waals surface area contributed by atoms with E-state index in [9.17, 15) is 9.90 Å². The summed E-state index contributed by atoms with van der Waals surface area (Å²) < 4.78 is 1.58. The summed E-state index contributed by atoms with van der Waals surface area (Å²) in [5.74, 6) is -0.206. The predicted octanol–water partition coefficient (Wildman–Crippen LogP) is 2.29. The van der Waals surface area contributed by atoms with Crippen molar-refractivity contribution in [2.24, 2.45) is 7.05 Å². The summed E-state index contributed by atoms with van der Waals surface area (Å²) in [6.07, 6.45) is 0.230. The number of amides is 1. The summed E-state index contributed by atoms with van der Waals surface area (Å²) in [6.45, 7) is 3.69. The number of nitrogens with zero attached hydrogens (tertiary/aromatic N) is 2. The molecule has 0 aliphatic heterocycles. The lowest BCUT2D eigenvalue weighted by Gasteiger charge is -2.09. The van der Waals surface area contributed by atoms with Crippen LogP contribution in [0.5, 0.6) is 0 Å². The topological polar surface area (TPSA) is 67.2 Å². The molecule has 0 spiro atoms. The van der Waals surface area contributed by atoms with Crippen LogP contribution < -0.4 is 5.32 Å². The molecule has 1 aromatic carbocycles. The second-order valence-electron chi connectivity index (χ2n) is 4.75. The normalized spacial score (nSPS) is 12.2. The molecule has 0 radical (unpaired) electrons. The SMILES string of the molecule is CCc1cc(C(=O)Nc2cccc(C(C)O)c2)n(C)n1. The highest BCUT2D eigenvalue weighted by atomic mass is 16.3. The number of benzene rings is 1. The number of hydrogen-bond donors (Lipinski definition) is 2. The van der Waals surface area contributed by atoms with Gasteiger partial charge in [0.25, 0.3) is 5.91 Å². The van der Waals surface area contributed by atoms with E-state index in [1.807, 2.05) is 13.0 Å². The Morgan fingerprint density at radius 1 is 1.45 bits per heavy atom. The third kappa shape index (κ3) is 3.05. The standard InChI is InChI=1S/C15H19N3O2/c1-4-12-9-14(18(3)17-12)15(20)16-13-7-5-6-11(8-13)10(2)19/h5-10,19H,4H2,1-3H3,(H,16,20). The number of rotatable bonds is 4. The molecule has 1 amide bonds. The van der Waals surface area contributed by atoms with Crippen molar-refractivity contribution in [3.63, 3.8) is 0 Å². The fourth-order valence-corrected chi connectivity index (χ4v) is 1.98. The largest absolute Gasteiger partial charge is 0.389 e. The Labute approximate surface area is 118 Å². The molecule has 2 N–H and O–H groups in total. The van der Waals surface area contributed by atoms with Crippen LogP contribution in [0, 0.1) is 0 Å². The highest BCUT2D eigenvalue weighted by molar-refractivity contribution is 6.03. The molecule has 5 heteroatoms. The van der Waals surface area contributed by atoms with Gasteiger partial charge < -0.3 is 10.4 Å². The number of carbonyl (C=O) groups is 1. The van der Waals surface area contributed by atoms with Crippen LogP contribution in [-0.2, 0) is 13.5 Å². The van der Waals surface area contributed by atoms with Gasteiger partial charge in [-0.3, -0.25) is 9.48 Å². The van der Waals surface area contributed by atoms with Gasteiger partial charge in [0.15, 0.2) is 0 Å². The van der Waals surface area contributed by atoms with E-state index in [2.05, 4.69) is 10.4 Å². The van der Waals surface area contributed by atoms with Crippen molar-refractivity contribution in [3.8, 4) is 0 Å². The zero-order chi connectivity index (χ0) is 14.7. The van der Waals surface area contributed by atoms with Gasteiger partial charge in [-0.15, -0.1) is 0 Å². The first-order valence-electron chi connectivity index (χ1n) is 6.63. The third-order valence-corrected chi connectivity index (χ3v) is 3.15. The van der Waals surface area contributed by atoms with Gasteiger partial charge >= 0.3 is 0 Å². The summed E-state index contributed by atoms with van der Waals surface area (Å²) in [5.41, 5.74) is 2.83. The van der Waals surface area contributed by atoms with Gasteiger partial charge in [0.05, 0.1) is 11.8 Å². The maximum Gasteiger partial charge on any atom is 0.273 e. The van der Waals surface area contributed by atoms with E-state index in [-0.39, 0.29) is 5.91 Å². The molecule has 1 aromatic heterocycles. The predicted molar refractivity (Wildman–Crippen MR) is 77.6 cm³/mol. The summed E-state index contributed by atoms with van der Waals surface area (Å²) >= 11 is 0. The second kappa shape index (κ2) is 5.88. The van der Waals surface area contributed by atoms with Gasteiger partial charge in [-0.25, -0.2) is 0 Å². The third-order valence-electron chi connectivity index (χ3n) is 3.15. The fraction of sp³-hybridized carbons (Fsp3) is 0.333. The summed E-state index contributed by atoms with van der Waals surface area (Å²) in [7, 11) is 1.75. The average molecular weight is 273 g/mol. The first-order chi connectivity index (χ1) is 9.51. The zero-order valence-electron chi connectivity index (χ0n) is 11.9. The Balaban J connectivity index is 2.18. The van der Waals surface area contributed by atoms with Crippen molar-refractivity contribution in [2.75, 3.05) is 5.32 Å². The highest BCUT2D eigenvalue weighted by Gasteiger charge is 2.13. The summed E-state index contributed by atoms with van der Waals surface area (Å²) in [6, 6.07) is 8.96. The maximum atomic E-state index is 12.2. The number of aliphatic hydroxyl groups is 1. The molecule has 0 saturated heterocycles. The summed E-state index contributed by atoms with van der Waals surface area (Å²) in [4.78, 5) is 12.2. The lowest BCUT2D eigenvalue weighted by atomic mass is 10.1. The Morgan fingerprint density at radius 2 is 2.20 bits per heavy atom. The molecular formula is C15H19N3O2. The van der Waals surface area contributed by atoms with Crippen LogP contribution in [0.1, 0.15) is 41.7 Å². The van der Waals surface area contributed by atoms with Gasteiger partial charge in [0.1, 0.15) is 5.69 Å². The number of aliphatic hydroxyl groups excluding tert-OH is 1. The number of hydrogen-bond acceptors (Lipinski definition) is 3. The Bertz CT molecular complexity index is 617. The fourth-order valence-electron chi connectivity index (χ4n) is 1.98. The van der Waals surface area contributed by atoms with Gasteiger partial charge in [0.2, 0.25) is 0 Å². The molecule has 0 saturated carbocycles. The number of aromatic nitrogens is 2. The van der Waals surface area contributed by atoms with Crippen LogP contribution in [0.2, 0.25) is 0 Å². The van der Waals surface area contributed by atoms with Gasteiger partial charge in [0, 0.05) is 12.7 Å². The van der Waals surface area contributed by atoms with Crippen molar-refractivity contribution >= 4 is 11.6 Å². The lowest BCUT2D eigenvalue weighted by Crippen LogP contribution is -2.16. The van der Waals surface area contributed by atoms with Gasteiger partial charge in [-0.05, 0) is 37.1 Å². The van der Waals surface area contributed by atoms with Crippen molar-refractivity contribution in [1.29, 1.82) is 0 Å². The van der Waals surface area contributed by atoms with E-state index in [0.717, 1.165) is 17.7 Å². The Kier molecular flexibility index (Phi) is 4.20. The van der Waals surface area contributed by atoms with Crippen molar-refractivity contribution in [1.82, 2.24) is 9.78 Å². The van der Waals surface area contributed by atoms with Crippen molar-refractivity contribution in [2.45, 2.75) is 26.4 Å². The maximum absolute atomic E-state index is 12.2. The second-order valence-corrected chi connectivity index (χ2v) is 4.75. The van der Waals surface area contributed by atoms with Crippen LogP contribution in [-0.4, -0.2) is 20.8 Å². The molecule has 106 valence electrons. The van der Waals surface area contributed by atoms with Crippen molar-refractivity contribution < 1.29 is 9.90 Å². The smallest absolute Gasteiger partial charge is 0.273 e. The molecule has 0 aliphatic carbocycles. The first-order valence-corrected chi connectivity index (χ1v) is 6.63. The lowest BCUT2D eigenvalue weighted by molar-refractivity contribution is 0.101. The molecule has 1 unspecified atom stereocenters. The monoisotopic (exact) mass is 273 g/mol. The number of anilines is 1. The molecule has 0 bridgehead atoms. The zero-order valence-corrected chi connectivity index (χ0v) is 11.9. The molecule has 20 heavy (non-hydrogen) atoms. The molecule has 0 fully saturated rings. The van der Waals surface area contributed by atoms with Crippen molar-refractivity contribution in [3.05, 3.63) is 47.3 Å². The van der Waals surface area contributed by atoms with E-state index in [0.29, 0.717) is 11.4 Å². The average Bonchev–Trinajstić information content (AvgIpc) is 2.80. The minimum Gasteiger partial charge on any atom is -0.389 e. The quantitative estimate of drug-likeness (QED) is 0.898. The van der Waals surface area contributed by atoms with E-state index in [1.165, 1.54) is 0 Å². The number of carbonyl (C=O) groups excluding carboxylic acids is 1. The van der Waals surface area contributed by atoms with Crippen LogP contribution in [0.3, 0.4) is 0 Å². The van der Waals surface area contributed by atoms with E-state index in [4.69, 9.17) is 0 Å². The van der Waals surface area contributed by atoms with Crippen LogP contribution in [0.4, 0.5) is 5.69 Å². The van der Waals surface area contributed by atoms with Crippen LogP contribution in [0.25, 0.3) is 0 Å². The molecule has 0 aliphatic rings. The molecule has 5 nitrogen and oxygen atoms in total. The molecule has 1 atom stereocenters. The highest BCUT2D eigenvalue weighted by Crippen LogP contribution is 2.17. The van der Waals surface area contributed by atoms with E-state index < -0.39 is 6.10 Å². The van der Waals surface area contributed by atoms with Crippen LogP contribution in [0.15, 0.2) is 30.3 Å². The van der Waals surface area contributed by atoms with Crippen LogP contribution >= 0.6 is 0 Å². The summed E-state index contributed by atoms with van der Waals surface area (Å²) in [5, 5.41) is 16.6. The minimum atomic E-state index is -0.560. The minimum absolute atomic E-state index is 0.206. The first kappa shape index (κ1) is 14.3. The Morgan fingerprint density at radius 3 is 2.80 bits per heavy atom. The van der Waals surface area contributed by atoms with E-state index in [1.54, 1.807) is 42.9 Å². The van der Waals surface area contributed by atoms with Gasteiger partial charge in [-0.2, -0.15) is 5.10 Å². The molecule has 2 aromatic rings. The van der Waals surface area contributed by atoms with Gasteiger partial charge in [-0.1, -0.05) is 19.1 Å². The number of nitrogens with one attached hydrogen (secondary N) is 1. The van der Waals surface area contributed by atoms with E-state index >= 15 is 0 Å².